The third-order valence-electron chi connectivity index (χ3n) is 3.80. The molecule has 0 aliphatic carbocycles. The third-order valence-corrected chi connectivity index (χ3v) is 3.80. The highest BCUT2D eigenvalue weighted by molar-refractivity contribution is 5.44. The minimum atomic E-state index is 0.294. The number of anilines is 1. The van der Waals surface area contributed by atoms with Crippen molar-refractivity contribution in [2.45, 2.75) is 39.3 Å². The number of nitrogens with zero attached hydrogens (tertiary/aromatic N) is 1. The Hall–Kier alpha value is -1.06. The summed E-state index contributed by atoms with van der Waals surface area (Å²) in [6.07, 6.45) is 1.39. The lowest BCUT2D eigenvalue weighted by Crippen LogP contribution is -2.48. The number of aryl methyl sites for hydroxylation is 1. The van der Waals surface area contributed by atoms with E-state index in [1.54, 1.807) is 0 Å². The van der Waals surface area contributed by atoms with Gasteiger partial charge in [-0.1, -0.05) is 19.1 Å². The molecule has 0 aromatic heterocycles. The molecule has 0 radical (unpaired) electrons. The molecule has 2 rings (SSSR count). The zero-order valence-corrected chi connectivity index (χ0v) is 12.4. The first-order valence-corrected chi connectivity index (χ1v) is 7.37. The topological polar surface area (TPSA) is 24.5 Å². The molecule has 3 heteroatoms. The van der Waals surface area contributed by atoms with Crippen LogP contribution >= 0.6 is 0 Å². The molecule has 1 aromatic rings. The zero-order valence-electron chi connectivity index (χ0n) is 12.4. The fourth-order valence-electron chi connectivity index (χ4n) is 2.42. The molecule has 1 atom stereocenters. The van der Waals surface area contributed by atoms with E-state index in [-0.39, 0.29) is 0 Å². The van der Waals surface area contributed by atoms with E-state index in [1.165, 1.54) is 11.3 Å². The van der Waals surface area contributed by atoms with E-state index >= 15 is 0 Å². The van der Waals surface area contributed by atoms with Crippen molar-refractivity contribution in [3.05, 3.63) is 29.8 Å². The molecule has 1 fully saturated rings. The van der Waals surface area contributed by atoms with E-state index < -0.39 is 0 Å². The van der Waals surface area contributed by atoms with Crippen LogP contribution in [0.4, 0.5) is 5.69 Å². The summed E-state index contributed by atoms with van der Waals surface area (Å²) in [5.74, 6) is 0. The van der Waals surface area contributed by atoms with Crippen molar-refractivity contribution in [1.29, 1.82) is 0 Å². The van der Waals surface area contributed by atoms with Crippen molar-refractivity contribution >= 4 is 5.69 Å². The van der Waals surface area contributed by atoms with Crippen LogP contribution in [0.15, 0.2) is 24.3 Å². The Bertz CT molecular complexity index is 375. The lowest BCUT2D eigenvalue weighted by atomic mass is 10.1. The van der Waals surface area contributed by atoms with E-state index in [9.17, 15) is 0 Å². The van der Waals surface area contributed by atoms with Crippen molar-refractivity contribution in [2.24, 2.45) is 0 Å². The van der Waals surface area contributed by atoms with Gasteiger partial charge in [0.2, 0.25) is 0 Å². The maximum absolute atomic E-state index is 5.82. The maximum Gasteiger partial charge on any atom is 0.0874 e. The first-order valence-electron chi connectivity index (χ1n) is 7.37. The fourth-order valence-corrected chi connectivity index (χ4v) is 2.42. The molecule has 3 nitrogen and oxygen atoms in total. The van der Waals surface area contributed by atoms with Crippen LogP contribution in [0.25, 0.3) is 0 Å². The number of morpholine rings is 1. The molecular weight excluding hydrogens is 236 g/mol. The Labute approximate surface area is 116 Å². The summed E-state index contributed by atoms with van der Waals surface area (Å²) in [4.78, 5) is 2.48. The number of hydrogen-bond donors (Lipinski definition) is 1. The van der Waals surface area contributed by atoms with Crippen LogP contribution < -0.4 is 5.32 Å². The Morgan fingerprint density at radius 3 is 2.68 bits per heavy atom. The highest BCUT2D eigenvalue weighted by Gasteiger charge is 2.21. The summed E-state index contributed by atoms with van der Waals surface area (Å²) in [5, 5.41) is 3.47. The molecule has 0 spiro atoms. The predicted molar refractivity (Wildman–Crippen MR) is 80.8 cm³/mol. The number of ether oxygens (including phenoxy) is 1. The van der Waals surface area contributed by atoms with Crippen LogP contribution in [-0.4, -0.2) is 43.3 Å². The molecule has 1 saturated heterocycles. The van der Waals surface area contributed by atoms with Crippen molar-refractivity contribution in [3.63, 3.8) is 0 Å². The summed E-state index contributed by atoms with van der Waals surface area (Å²) >= 11 is 0. The van der Waals surface area contributed by atoms with Gasteiger partial charge in [-0.15, -0.1) is 0 Å². The van der Waals surface area contributed by atoms with Crippen LogP contribution in [-0.2, 0) is 11.2 Å². The van der Waals surface area contributed by atoms with Gasteiger partial charge in [0.25, 0.3) is 0 Å². The van der Waals surface area contributed by atoms with E-state index in [2.05, 4.69) is 55.3 Å². The second-order valence-corrected chi connectivity index (χ2v) is 5.51. The Balaban J connectivity index is 1.80. The van der Waals surface area contributed by atoms with E-state index in [0.29, 0.717) is 12.1 Å². The smallest absolute Gasteiger partial charge is 0.0874 e. The highest BCUT2D eigenvalue weighted by atomic mass is 16.5. The minimum Gasteiger partial charge on any atom is -0.382 e. The van der Waals surface area contributed by atoms with Gasteiger partial charge in [0.05, 0.1) is 12.7 Å². The SMILES string of the molecule is CCc1ccc(NCC2CN(C(C)C)CCO2)cc1. The third kappa shape index (κ3) is 4.22. The molecule has 1 aliphatic rings. The second kappa shape index (κ2) is 6.92. The predicted octanol–water partition coefficient (Wildman–Crippen LogP) is 2.77. The first-order chi connectivity index (χ1) is 9.19. The highest BCUT2D eigenvalue weighted by Crippen LogP contribution is 2.12. The van der Waals surface area contributed by atoms with Crippen molar-refractivity contribution in [3.8, 4) is 0 Å². The van der Waals surface area contributed by atoms with Gasteiger partial charge in [0.1, 0.15) is 0 Å². The van der Waals surface area contributed by atoms with E-state index in [1.807, 2.05) is 0 Å². The van der Waals surface area contributed by atoms with Crippen LogP contribution in [0.5, 0.6) is 0 Å². The summed E-state index contributed by atoms with van der Waals surface area (Å²) in [7, 11) is 0. The monoisotopic (exact) mass is 262 g/mol. The van der Waals surface area contributed by atoms with Gasteiger partial charge in [-0.2, -0.15) is 0 Å². The second-order valence-electron chi connectivity index (χ2n) is 5.51. The summed E-state index contributed by atoms with van der Waals surface area (Å²) < 4.78 is 5.82. The van der Waals surface area contributed by atoms with Gasteiger partial charge >= 0.3 is 0 Å². The van der Waals surface area contributed by atoms with Gasteiger partial charge in [-0.05, 0) is 38.0 Å². The number of hydrogen-bond acceptors (Lipinski definition) is 3. The Morgan fingerprint density at radius 2 is 2.05 bits per heavy atom. The zero-order chi connectivity index (χ0) is 13.7. The van der Waals surface area contributed by atoms with Crippen molar-refractivity contribution in [2.75, 3.05) is 31.6 Å². The standard InChI is InChI=1S/C16H26N2O/c1-4-14-5-7-15(8-6-14)17-11-16-12-18(13(2)3)9-10-19-16/h5-8,13,16-17H,4,9-12H2,1-3H3. The lowest BCUT2D eigenvalue weighted by Gasteiger charge is -2.35. The maximum atomic E-state index is 5.82. The summed E-state index contributed by atoms with van der Waals surface area (Å²) in [6, 6.07) is 9.29. The Kier molecular flexibility index (Phi) is 5.23. The van der Waals surface area contributed by atoms with Crippen LogP contribution in [0.2, 0.25) is 0 Å². The van der Waals surface area contributed by atoms with E-state index in [0.717, 1.165) is 32.7 Å². The average Bonchev–Trinajstić information content (AvgIpc) is 2.46. The average molecular weight is 262 g/mol. The van der Waals surface area contributed by atoms with E-state index in [4.69, 9.17) is 4.74 Å². The quantitative estimate of drug-likeness (QED) is 0.883. The minimum absolute atomic E-state index is 0.294. The molecule has 1 heterocycles. The lowest BCUT2D eigenvalue weighted by molar-refractivity contribution is -0.0315. The number of benzene rings is 1. The summed E-state index contributed by atoms with van der Waals surface area (Å²) in [5.41, 5.74) is 2.56. The van der Waals surface area contributed by atoms with Gasteiger partial charge in [0.15, 0.2) is 0 Å². The number of rotatable bonds is 5. The van der Waals surface area contributed by atoms with Gasteiger partial charge in [-0.3, -0.25) is 4.90 Å². The van der Waals surface area contributed by atoms with Crippen molar-refractivity contribution in [1.82, 2.24) is 4.90 Å². The molecule has 1 unspecified atom stereocenters. The van der Waals surface area contributed by atoms with Gasteiger partial charge in [-0.25, -0.2) is 0 Å². The molecule has 106 valence electrons. The van der Waals surface area contributed by atoms with Crippen LogP contribution in [0, 0.1) is 0 Å². The molecule has 0 saturated carbocycles. The van der Waals surface area contributed by atoms with Crippen molar-refractivity contribution < 1.29 is 4.74 Å². The van der Waals surface area contributed by atoms with Gasteiger partial charge < -0.3 is 10.1 Å². The van der Waals surface area contributed by atoms with Crippen LogP contribution in [0.1, 0.15) is 26.3 Å². The summed E-state index contributed by atoms with van der Waals surface area (Å²) in [6.45, 7) is 10.5. The number of nitrogens with one attached hydrogen (secondary N) is 1. The Morgan fingerprint density at radius 1 is 1.32 bits per heavy atom. The molecule has 1 aromatic carbocycles. The molecule has 0 amide bonds. The molecule has 19 heavy (non-hydrogen) atoms. The first kappa shape index (κ1) is 14.4. The molecular formula is C16H26N2O. The van der Waals surface area contributed by atoms with Gasteiger partial charge in [0, 0.05) is 31.4 Å². The fraction of sp³-hybridized carbons (Fsp3) is 0.625. The largest absolute Gasteiger partial charge is 0.382 e. The molecule has 1 aliphatic heterocycles. The van der Waals surface area contributed by atoms with Crippen LogP contribution in [0.3, 0.4) is 0 Å². The molecule has 0 bridgehead atoms. The normalized spacial score (nSPS) is 20.7. The molecule has 1 N–H and O–H groups in total.